The third kappa shape index (κ3) is 3.04. The zero-order valence-corrected chi connectivity index (χ0v) is 15.4. The highest BCUT2D eigenvalue weighted by molar-refractivity contribution is 6.35. The van der Waals surface area contributed by atoms with Crippen LogP contribution in [0.2, 0.25) is 10.0 Å². The summed E-state index contributed by atoms with van der Waals surface area (Å²) in [6, 6.07) is 6.99. The van der Waals surface area contributed by atoms with E-state index in [9.17, 15) is 14.4 Å². The van der Waals surface area contributed by atoms with Crippen molar-refractivity contribution in [2.75, 3.05) is 7.11 Å². The molecule has 0 saturated carbocycles. The molecule has 7 nitrogen and oxygen atoms in total. The third-order valence-corrected chi connectivity index (χ3v) is 4.65. The molecule has 1 fully saturated rings. The van der Waals surface area contributed by atoms with Gasteiger partial charge in [0.15, 0.2) is 0 Å². The van der Waals surface area contributed by atoms with Crippen LogP contribution in [0.15, 0.2) is 34.7 Å². The Labute approximate surface area is 158 Å². The average Bonchev–Trinajstić information content (AvgIpc) is 3.13. The Morgan fingerprint density at radius 3 is 2.65 bits per heavy atom. The SMILES string of the molecule is COC(=O)c1ccc(CN2C(=O)N[C@](C)(c3ccc(Cl)cc3Cl)C2=O)o1. The number of methoxy groups -OCH3 is 1. The fourth-order valence-corrected chi connectivity index (χ4v) is 3.34. The van der Waals surface area contributed by atoms with Gasteiger partial charge in [-0.05, 0) is 31.2 Å². The number of rotatable bonds is 4. The standard InChI is InChI=1S/C17H14Cl2N2O5/c1-17(11-5-3-9(18)7-12(11)19)15(23)21(16(24)20-17)8-10-4-6-13(26-10)14(22)25-2/h3-7H,8H2,1-2H3,(H,20,24)/t17-/m1/s1. The molecule has 0 bridgehead atoms. The fourth-order valence-electron chi connectivity index (χ4n) is 2.75. The summed E-state index contributed by atoms with van der Waals surface area (Å²) in [7, 11) is 1.23. The van der Waals surface area contributed by atoms with Crippen LogP contribution < -0.4 is 5.32 Å². The Kier molecular flexibility index (Phi) is 4.68. The maximum Gasteiger partial charge on any atom is 0.373 e. The number of nitrogens with zero attached hydrogens (tertiary/aromatic N) is 1. The van der Waals surface area contributed by atoms with Gasteiger partial charge >= 0.3 is 12.0 Å². The van der Waals surface area contributed by atoms with E-state index in [4.69, 9.17) is 27.6 Å². The topological polar surface area (TPSA) is 88.9 Å². The second-order valence-electron chi connectivity index (χ2n) is 5.83. The Morgan fingerprint density at radius 1 is 1.27 bits per heavy atom. The molecule has 0 radical (unpaired) electrons. The van der Waals surface area contributed by atoms with Crippen LogP contribution in [0.25, 0.3) is 0 Å². The van der Waals surface area contributed by atoms with Crippen molar-refractivity contribution in [1.29, 1.82) is 0 Å². The monoisotopic (exact) mass is 396 g/mol. The van der Waals surface area contributed by atoms with Crippen molar-refractivity contribution in [3.63, 3.8) is 0 Å². The summed E-state index contributed by atoms with van der Waals surface area (Å²) < 4.78 is 9.87. The normalized spacial score (nSPS) is 19.6. The van der Waals surface area contributed by atoms with E-state index in [0.717, 1.165) is 4.90 Å². The lowest BCUT2D eigenvalue weighted by Gasteiger charge is -2.23. The number of benzene rings is 1. The minimum absolute atomic E-state index is 0.0157. The number of halogens is 2. The Hall–Kier alpha value is -2.51. The van der Waals surface area contributed by atoms with Gasteiger partial charge in [-0.15, -0.1) is 0 Å². The number of hydrogen-bond donors (Lipinski definition) is 1. The van der Waals surface area contributed by atoms with E-state index < -0.39 is 23.4 Å². The van der Waals surface area contributed by atoms with E-state index in [-0.39, 0.29) is 23.1 Å². The molecule has 1 aliphatic rings. The van der Waals surface area contributed by atoms with Crippen molar-refractivity contribution >= 4 is 41.1 Å². The molecule has 1 aromatic carbocycles. The van der Waals surface area contributed by atoms with Crippen LogP contribution in [0.1, 0.15) is 28.8 Å². The summed E-state index contributed by atoms with van der Waals surface area (Å²) in [5.74, 6) is -0.896. The van der Waals surface area contributed by atoms with E-state index >= 15 is 0 Å². The maximum absolute atomic E-state index is 12.9. The van der Waals surface area contributed by atoms with Gasteiger partial charge in [0, 0.05) is 15.6 Å². The number of carbonyl (C=O) groups excluding carboxylic acids is 3. The Balaban J connectivity index is 1.87. The Morgan fingerprint density at radius 2 is 2.00 bits per heavy atom. The van der Waals surface area contributed by atoms with Crippen LogP contribution in [-0.4, -0.2) is 29.9 Å². The first kappa shape index (κ1) is 18.3. The molecule has 3 amide bonds. The van der Waals surface area contributed by atoms with E-state index in [2.05, 4.69) is 10.1 Å². The molecule has 0 aliphatic carbocycles. The average molecular weight is 397 g/mol. The first-order chi connectivity index (χ1) is 12.3. The zero-order valence-electron chi connectivity index (χ0n) is 13.8. The molecule has 26 heavy (non-hydrogen) atoms. The van der Waals surface area contributed by atoms with Crippen LogP contribution in [0.4, 0.5) is 4.79 Å². The Bertz CT molecular complexity index is 910. The van der Waals surface area contributed by atoms with Crippen LogP contribution in [0.5, 0.6) is 0 Å². The lowest BCUT2D eigenvalue weighted by Crippen LogP contribution is -2.41. The molecule has 1 aliphatic heterocycles. The summed E-state index contributed by atoms with van der Waals surface area (Å²) in [6.45, 7) is 1.42. The predicted molar refractivity (Wildman–Crippen MR) is 92.9 cm³/mol. The molecule has 1 N–H and O–H groups in total. The van der Waals surface area contributed by atoms with Gasteiger partial charge in [-0.1, -0.05) is 29.3 Å². The smallest absolute Gasteiger partial charge is 0.373 e. The number of hydrogen-bond acceptors (Lipinski definition) is 5. The maximum atomic E-state index is 12.9. The number of nitrogens with one attached hydrogen (secondary N) is 1. The first-order valence-corrected chi connectivity index (χ1v) is 8.28. The van der Waals surface area contributed by atoms with Crippen molar-refractivity contribution < 1.29 is 23.5 Å². The van der Waals surface area contributed by atoms with Gasteiger partial charge in [0.1, 0.15) is 11.3 Å². The fraction of sp³-hybridized carbons (Fsp3) is 0.235. The highest BCUT2D eigenvalue weighted by Crippen LogP contribution is 2.35. The first-order valence-electron chi connectivity index (χ1n) is 7.53. The summed E-state index contributed by atoms with van der Waals surface area (Å²) >= 11 is 12.1. The lowest BCUT2D eigenvalue weighted by atomic mass is 9.92. The number of carbonyl (C=O) groups is 3. The molecule has 1 saturated heterocycles. The second kappa shape index (κ2) is 6.66. The van der Waals surface area contributed by atoms with E-state index in [1.165, 1.54) is 25.3 Å². The van der Waals surface area contributed by atoms with Gasteiger partial charge in [0.25, 0.3) is 5.91 Å². The van der Waals surface area contributed by atoms with Crippen molar-refractivity contribution in [2.24, 2.45) is 0 Å². The van der Waals surface area contributed by atoms with Crippen LogP contribution in [0.3, 0.4) is 0 Å². The lowest BCUT2D eigenvalue weighted by molar-refractivity contribution is -0.131. The molecule has 2 heterocycles. The number of urea groups is 1. The highest BCUT2D eigenvalue weighted by atomic mass is 35.5. The molecular weight excluding hydrogens is 383 g/mol. The van der Waals surface area contributed by atoms with E-state index in [0.29, 0.717) is 10.6 Å². The van der Waals surface area contributed by atoms with Gasteiger partial charge < -0.3 is 14.5 Å². The second-order valence-corrected chi connectivity index (χ2v) is 6.67. The number of imide groups is 1. The summed E-state index contributed by atoms with van der Waals surface area (Å²) in [6.07, 6.45) is 0. The van der Waals surface area contributed by atoms with E-state index in [1.54, 1.807) is 19.1 Å². The molecule has 1 aromatic heterocycles. The zero-order chi connectivity index (χ0) is 19.1. The molecule has 9 heteroatoms. The van der Waals surface area contributed by atoms with Gasteiger partial charge in [-0.3, -0.25) is 9.69 Å². The molecule has 1 atom stereocenters. The number of amides is 3. The highest BCUT2D eigenvalue weighted by Gasteiger charge is 2.50. The minimum Gasteiger partial charge on any atom is -0.463 e. The molecule has 0 spiro atoms. The molecule has 2 aromatic rings. The number of ether oxygens (including phenoxy) is 1. The van der Waals surface area contributed by atoms with E-state index in [1.807, 2.05) is 0 Å². The number of furan rings is 1. The quantitative estimate of drug-likeness (QED) is 0.632. The van der Waals surface area contributed by atoms with Crippen molar-refractivity contribution in [1.82, 2.24) is 10.2 Å². The van der Waals surface area contributed by atoms with Crippen molar-refractivity contribution in [2.45, 2.75) is 19.0 Å². The largest absolute Gasteiger partial charge is 0.463 e. The molecule has 3 rings (SSSR count). The predicted octanol–water partition coefficient (Wildman–Crippen LogP) is 3.34. The minimum atomic E-state index is -1.34. The van der Waals surface area contributed by atoms with Crippen molar-refractivity contribution in [3.05, 3.63) is 57.5 Å². The van der Waals surface area contributed by atoms with Gasteiger partial charge in [-0.25, -0.2) is 9.59 Å². The molecular formula is C17H14Cl2N2O5. The van der Waals surface area contributed by atoms with Crippen LogP contribution in [0, 0.1) is 0 Å². The van der Waals surface area contributed by atoms with Gasteiger partial charge in [0.2, 0.25) is 5.76 Å². The summed E-state index contributed by atoms with van der Waals surface area (Å²) in [4.78, 5) is 37.7. The summed E-state index contributed by atoms with van der Waals surface area (Å²) in [5, 5.41) is 3.33. The third-order valence-electron chi connectivity index (χ3n) is 4.11. The van der Waals surface area contributed by atoms with Crippen LogP contribution >= 0.6 is 23.2 Å². The van der Waals surface area contributed by atoms with Crippen molar-refractivity contribution in [3.8, 4) is 0 Å². The number of esters is 1. The summed E-state index contributed by atoms with van der Waals surface area (Å²) in [5.41, 5.74) is -0.907. The molecule has 0 unspecified atom stereocenters. The van der Waals surface area contributed by atoms with Gasteiger partial charge in [0.05, 0.1) is 13.7 Å². The van der Waals surface area contributed by atoms with Crippen LogP contribution in [-0.2, 0) is 21.6 Å². The van der Waals surface area contributed by atoms with Gasteiger partial charge in [-0.2, -0.15) is 0 Å². The molecule has 136 valence electrons.